The lowest BCUT2D eigenvalue weighted by atomic mass is 10.0. The van der Waals surface area contributed by atoms with Gasteiger partial charge >= 0.3 is 0 Å². The maximum absolute atomic E-state index is 12.4. The molecule has 1 aliphatic rings. The van der Waals surface area contributed by atoms with E-state index in [-0.39, 0.29) is 17.9 Å². The fourth-order valence-corrected chi connectivity index (χ4v) is 2.88. The van der Waals surface area contributed by atoms with Gasteiger partial charge in [-0.1, -0.05) is 48.6 Å². The first kappa shape index (κ1) is 13.8. The number of fused-ring (bicyclic) bond motifs is 1. The minimum atomic E-state index is -0.0644. The van der Waals surface area contributed by atoms with E-state index in [9.17, 15) is 4.79 Å². The first-order chi connectivity index (χ1) is 10.1. The molecule has 0 radical (unpaired) electrons. The van der Waals surface area contributed by atoms with Crippen molar-refractivity contribution in [2.24, 2.45) is 11.7 Å². The van der Waals surface area contributed by atoms with Crippen molar-refractivity contribution in [2.75, 3.05) is 7.05 Å². The Balaban J connectivity index is 1.72. The maximum atomic E-state index is 12.4. The molecule has 3 nitrogen and oxygen atoms in total. The monoisotopic (exact) mass is 280 g/mol. The first-order valence-electron chi connectivity index (χ1n) is 7.30. The van der Waals surface area contributed by atoms with Crippen LogP contribution in [0.25, 0.3) is 10.8 Å². The van der Waals surface area contributed by atoms with Crippen LogP contribution in [0.5, 0.6) is 0 Å². The molecule has 2 aromatic rings. The van der Waals surface area contributed by atoms with Crippen molar-refractivity contribution in [3.63, 3.8) is 0 Å². The Bertz CT molecular complexity index is 692. The highest BCUT2D eigenvalue weighted by Crippen LogP contribution is 2.21. The molecule has 0 bridgehead atoms. The number of carbonyl (C=O) groups is 1. The second-order valence-electron chi connectivity index (χ2n) is 5.77. The molecule has 0 saturated heterocycles. The standard InChI is InChI=1S/C18H20N2O/c1-20(18(21)16-8-9-17(19)11-16)12-13-6-7-14-4-2-3-5-15(14)10-13/h2-10,16-17H,11-12,19H2,1H3. The van der Waals surface area contributed by atoms with E-state index in [4.69, 9.17) is 5.73 Å². The molecule has 3 heteroatoms. The van der Waals surface area contributed by atoms with Crippen LogP contribution in [-0.4, -0.2) is 23.9 Å². The fraction of sp³-hybridized carbons (Fsp3) is 0.278. The largest absolute Gasteiger partial charge is 0.341 e. The summed E-state index contributed by atoms with van der Waals surface area (Å²) in [6.45, 7) is 0.628. The summed E-state index contributed by atoms with van der Waals surface area (Å²) >= 11 is 0. The predicted molar refractivity (Wildman–Crippen MR) is 85.6 cm³/mol. The lowest BCUT2D eigenvalue weighted by Crippen LogP contribution is -2.32. The summed E-state index contributed by atoms with van der Waals surface area (Å²) in [6, 6.07) is 14.6. The Morgan fingerprint density at radius 2 is 1.95 bits per heavy atom. The molecule has 3 rings (SSSR count). The van der Waals surface area contributed by atoms with Crippen LogP contribution in [0.4, 0.5) is 0 Å². The molecule has 2 aromatic carbocycles. The number of nitrogens with zero attached hydrogens (tertiary/aromatic N) is 1. The van der Waals surface area contributed by atoms with E-state index in [1.807, 2.05) is 31.3 Å². The van der Waals surface area contributed by atoms with Crippen molar-refractivity contribution in [2.45, 2.75) is 19.0 Å². The van der Waals surface area contributed by atoms with Gasteiger partial charge in [0.05, 0.1) is 5.92 Å². The summed E-state index contributed by atoms with van der Waals surface area (Å²) in [5.41, 5.74) is 6.97. The van der Waals surface area contributed by atoms with Crippen LogP contribution in [0.1, 0.15) is 12.0 Å². The van der Waals surface area contributed by atoms with Gasteiger partial charge in [0.25, 0.3) is 0 Å². The summed E-state index contributed by atoms with van der Waals surface area (Å²) in [4.78, 5) is 14.2. The number of nitrogens with two attached hydrogens (primary N) is 1. The SMILES string of the molecule is CN(Cc1ccc2ccccc2c1)C(=O)C1C=CC(N)C1. The lowest BCUT2D eigenvalue weighted by Gasteiger charge is -2.21. The van der Waals surface area contributed by atoms with Crippen molar-refractivity contribution < 1.29 is 4.79 Å². The number of carbonyl (C=O) groups excluding carboxylic acids is 1. The van der Waals surface area contributed by atoms with Crippen LogP contribution in [0.15, 0.2) is 54.6 Å². The summed E-state index contributed by atoms with van der Waals surface area (Å²) < 4.78 is 0. The summed E-state index contributed by atoms with van der Waals surface area (Å²) in [7, 11) is 1.86. The van der Waals surface area contributed by atoms with Crippen LogP contribution < -0.4 is 5.73 Å². The maximum Gasteiger partial charge on any atom is 0.229 e. The van der Waals surface area contributed by atoms with Crippen LogP contribution in [0, 0.1) is 5.92 Å². The molecular weight excluding hydrogens is 260 g/mol. The van der Waals surface area contributed by atoms with Crippen LogP contribution in [0.3, 0.4) is 0 Å². The van der Waals surface area contributed by atoms with Gasteiger partial charge < -0.3 is 10.6 Å². The second kappa shape index (κ2) is 5.70. The number of rotatable bonds is 3. The van der Waals surface area contributed by atoms with E-state index >= 15 is 0 Å². The van der Waals surface area contributed by atoms with E-state index in [2.05, 4.69) is 30.3 Å². The van der Waals surface area contributed by atoms with Gasteiger partial charge in [-0.15, -0.1) is 0 Å². The minimum absolute atomic E-state index is 0.0213. The van der Waals surface area contributed by atoms with Gasteiger partial charge in [0.2, 0.25) is 5.91 Å². The van der Waals surface area contributed by atoms with Gasteiger partial charge in [0.1, 0.15) is 0 Å². The Morgan fingerprint density at radius 1 is 1.19 bits per heavy atom. The normalized spacial score (nSPS) is 20.9. The Hall–Kier alpha value is -2.13. The Kier molecular flexibility index (Phi) is 3.76. The molecule has 0 aliphatic heterocycles. The van der Waals surface area contributed by atoms with Crippen LogP contribution in [0.2, 0.25) is 0 Å². The molecule has 0 heterocycles. The summed E-state index contributed by atoms with van der Waals surface area (Å²) in [5.74, 6) is 0.0813. The molecule has 1 aliphatic carbocycles. The highest BCUT2D eigenvalue weighted by atomic mass is 16.2. The van der Waals surface area contributed by atoms with Crippen molar-refractivity contribution in [1.82, 2.24) is 4.90 Å². The van der Waals surface area contributed by atoms with E-state index in [1.165, 1.54) is 10.8 Å². The second-order valence-corrected chi connectivity index (χ2v) is 5.77. The minimum Gasteiger partial charge on any atom is -0.341 e. The zero-order chi connectivity index (χ0) is 14.8. The molecule has 2 unspecified atom stereocenters. The molecule has 0 spiro atoms. The smallest absolute Gasteiger partial charge is 0.229 e. The van der Waals surface area contributed by atoms with E-state index < -0.39 is 0 Å². The van der Waals surface area contributed by atoms with Crippen molar-refractivity contribution >= 4 is 16.7 Å². The van der Waals surface area contributed by atoms with Gasteiger partial charge in [0.15, 0.2) is 0 Å². The lowest BCUT2D eigenvalue weighted by molar-refractivity contribution is -0.133. The van der Waals surface area contributed by atoms with Gasteiger partial charge in [-0.05, 0) is 28.8 Å². The van der Waals surface area contributed by atoms with Gasteiger partial charge in [-0.3, -0.25) is 4.79 Å². The van der Waals surface area contributed by atoms with Gasteiger partial charge in [-0.2, -0.15) is 0 Å². The zero-order valence-corrected chi connectivity index (χ0v) is 12.2. The third-order valence-electron chi connectivity index (χ3n) is 4.04. The predicted octanol–water partition coefficient (Wildman–Crippen LogP) is 2.70. The average molecular weight is 280 g/mol. The van der Waals surface area contributed by atoms with Crippen LogP contribution >= 0.6 is 0 Å². The van der Waals surface area contributed by atoms with Crippen molar-refractivity contribution in [3.8, 4) is 0 Å². The highest BCUT2D eigenvalue weighted by molar-refractivity contribution is 5.83. The molecule has 0 fully saturated rings. The van der Waals surface area contributed by atoms with E-state index in [0.29, 0.717) is 6.54 Å². The Labute approximate surface area is 125 Å². The van der Waals surface area contributed by atoms with Crippen molar-refractivity contribution in [1.29, 1.82) is 0 Å². The summed E-state index contributed by atoms with van der Waals surface area (Å²) in [6.07, 6.45) is 4.58. The summed E-state index contributed by atoms with van der Waals surface area (Å²) in [5, 5.41) is 2.43. The third-order valence-corrected chi connectivity index (χ3v) is 4.04. The quantitative estimate of drug-likeness (QED) is 0.879. The number of benzene rings is 2. The molecule has 0 aromatic heterocycles. The third kappa shape index (κ3) is 2.98. The molecule has 108 valence electrons. The van der Waals surface area contributed by atoms with E-state index in [1.54, 1.807) is 4.90 Å². The molecule has 2 atom stereocenters. The number of hydrogen-bond donors (Lipinski definition) is 1. The van der Waals surface area contributed by atoms with Crippen LogP contribution in [-0.2, 0) is 11.3 Å². The number of amides is 1. The fourth-order valence-electron chi connectivity index (χ4n) is 2.88. The Morgan fingerprint density at radius 3 is 2.67 bits per heavy atom. The van der Waals surface area contributed by atoms with Gasteiger partial charge in [0, 0.05) is 19.6 Å². The zero-order valence-electron chi connectivity index (χ0n) is 12.2. The molecule has 1 amide bonds. The average Bonchev–Trinajstić information content (AvgIpc) is 2.93. The highest BCUT2D eigenvalue weighted by Gasteiger charge is 2.25. The van der Waals surface area contributed by atoms with E-state index in [0.717, 1.165) is 12.0 Å². The first-order valence-corrected chi connectivity index (χ1v) is 7.30. The molecular formula is C18H20N2O. The molecule has 0 saturated carbocycles. The van der Waals surface area contributed by atoms with Gasteiger partial charge in [-0.25, -0.2) is 0 Å². The molecule has 2 N–H and O–H groups in total. The number of hydrogen-bond acceptors (Lipinski definition) is 2. The topological polar surface area (TPSA) is 46.3 Å². The van der Waals surface area contributed by atoms with Crippen molar-refractivity contribution in [3.05, 3.63) is 60.2 Å². The molecule has 21 heavy (non-hydrogen) atoms.